The molecule has 0 unspecified atom stereocenters. The smallest absolute Gasteiger partial charge is 0.252 e. The first kappa shape index (κ1) is 19.0. The first-order valence-electron chi connectivity index (χ1n) is 8.40. The van der Waals surface area contributed by atoms with Crippen molar-refractivity contribution in [2.24, 2.45) is 0 Å². The molecule has 140 valence electrons. The molecule has 0 aliphatic carbocycles. The number of benzene rings is 1. The second-order valence-electron chi connectivity index (χ2n) is 6.13. The van der Waals surface area contributed by atoms with Gasteiger partial charge in [0.25, 0.3) is 5.91 Å². The minimum atomic E-state index is -3.61. The van der Waals surface area contributed by atoms with E-state index in [1.807, 2.05) is 19.9 Å². The number of aryl methyl sites for hydroxylation is 2. The average molecular weight is 395 g/mol. The Morgan fingerprint density at radius 3 is 2.58 bits per heavy atom. The molecule has 1 aliphatic heterocycles. The summed E-state index contributed by atoms with van der Waals surface area (Å²) >= 11 is 1.57. The molecule has 26 heavy (non-hydrogen) atoms. The van der Waals surface area contributed by atoms with E-state index in [1.165, 1.54) is 4.31 Å². The van der Waals surface area contributed by atoms with E-state index in [0.29, 0.717) is 37.4 Å². The van der Waals surface area contributed by atoms with E-state index in [1.54, 1.807) is 35.6 Å². The van der Waals surface area contributed by atoms with E-state index in [0.717, 1.165) is 9.75 Å². The molecule has 1 amide bonds. The number of morpholine rings is 1. The zero-order valence-corrected chi connectivity index (χ0v) is 16.5. The van der Waals surface area contributed by atoms with Gasteiger partial charge in [-0.3, -0.25) is 4.79 Å². The van der Waals surface area contributed by atoms with Crippen molar-refractivity contribution in [3.8, 4) is 0 Å². The second kappa shape index (κ2) is 7.87. The zero-order chi connectivity index (χ0) is 18.7. The standard InChI is InChI=1S/C18H22N2O4S2/c1-13-11-16(14(2)25-13)18(21)19-12-15-5-3-4-6-17(15)26(22,23)20-7-9-24-10-8-20/h3-6,11H,7-10,12H2,1-2H3,(H,19,21). The number of hydrogen-bond acceptors (Lipinski definition) is 5. The lowest BCUT2D eigenvalue weighted by Crippen LogP contribution is -2.41. The third-order valence-electron chi connectivity index (χ3n) is 4.29. The Morgan fingerprint density at radius 1 is 1.23 bits per heavy atom. The molecule has 1 saturated heterocycles. The summed E-state index contributed by atoms with van der Waals surface area (Å²) < 4.78 is 32.6. The molecule has 2 heterocycles. The van der Waals surface area contributed by atoms with Crippen molar-refractivity contribution >= 4 is 27.3 Å². The highest BCUT2D eigenvalue weighted by molar-refractivity contribution is 7.89. The summed E-state index contributed by atoms with van der Waals surface area (Å²) in [5.41, 5.74) is 1.22. The monoisotopic (exact) mass is 394 g/mol. The van der Waals surface area contributed by atoms with Gasteiger partial charge in [0.05, 0.1) is 23.7 Å². The number of sulfonamides is 1. The maximum atomic E-state index is 12.9. The Kier molecular flexibility index (Phi) is 5.76. The molecule has 8 heteroatoms. The number of nitrogens with one attached hydrogen (secondary N) is 1. The molecular weight excluding hydrogens is 372 g/mol. The van der Waals surface area contributed by atoms with Gasteiger partial charge in [-0.2, -0.15) is 4.31 Å². The predicted octanol–water partition coefficient (Wildman–Crippen LogP) is 2.32. The highest BCUT2D eigenvalue weighted by Crippen LogP contribution is 2.23. The number of carbonyl (C=O) groups is 1. The molecule has 0 spiro atoms. The van der Waals surface area contributed by atoms with Crippen LogP contribution in [-0.2, 0) is 21.3 Å². The molecular formula is C18H22N2O4S2. The lowest BCUT2D eigenvalue weighted by molar-refractivity contribution is 0.0730. The quantitative estimate of drug-likeness (QED) is 0.844. The summed E-state index contributed by atoms with van der Waals surface area (Å²) in [7, 11) is -3.61. The van der Waals surface area contributed by atoms with Crippen molar-refractivity contribution < 1.29 is 17.9 Å². The topological polar surface area (TPSA) is 75.7 Å². The molecule has 1 aromatic carbocycles. The molecule has 6 nitrogen and oxygen atoms in total. The second-order valence-corrected chi connectivity index (χ2v) is 9.50. The van der Waals surface area contributed by atoms with Gasteiger partial charge in [0.1, 0.15) is 0 Å². The van der Waals surface area contributed by atoms with Gasteiger partial charge in [-0.1, -0.05) is 18.2 Å². The lowest BCUT2D eigenvalue weighted by Gasteiger charge is -2.27. The molecule has 0 bridgehead atoms. The van der Waals surface area contributed by atoms with Crippen molar-refractivity contribution in [3.63, 3.8) is 0 Å². The molecule has 1 N–H and O–H groups in total. The van der Waals surface area contributed by atoms with Crippen LogP contribution in [0.1, 0.15) is 25.7 Å². The van der Waals surface area contributed by atoms with Gasteiger partial charge in [0.2, 0.25) is 10.0 Å². The summed E-state index contributed by atoms with van der Waals surface area (Å²) in [5, 5.41) is 2.84. The minimum absolute atomic E-state index is 0.160. The third kappa shape index (κ3) is 3.98. The van der Waals surface area contributed by atoms with Gasteiger partial charge in [0, 0.05) is 29.4 Å². The number of hydrogen-bond donors (Lipinski definition) is 1. The van der Waals surface area contributed by atoms with Crippen molar-refractivity contribution in [2.75, 3.05) is 26.3 Å². The maximum absolute atomic E-state index is 12.9. The Hall–Kier alpha value is -1.74. The average Bonchev–Trinajstić information content (AvgIpc) is 2.99. The van der Waals surface area contributed by atoms with Crippen LogP contribution in [0.25, 0.3) is 0 Å². The lowest BCUT2D eigenvalue weighted by atomic mass is 10.2. The fraction of sp³-hybridized carbons (Fsp3) is 0.389. The number of thiophene rings is 1. The fourth-order valence-corrected chi connectivity index (χ4v) is 5.51. The summed E-state index contributed by atoms with van der Waals surface area (Å²) in [5.74, 6) is -0.189. The highest BCUT2D eigenvalue weighted by Gasteiger charge is 2.28. The van der Waals surface area contributed by atoms with Gasteiger partial charge in [-0.05, 0) is 31.5 Å². The van der Waals surface area contributed by atoms with Crippen LogP contribution in [0.5, 0.6) is 0 Å². The molecule has 1 fully saturated rings. The van der Waals surface area contributed by atoms with Gasteiger partial charge >= 0.3 is 0 Å². The SMILES string of the molecule is Cc1cc(C(=O)NCc2ccccc2S(=O)(=O)N2CCOCC2)c(C)s1. The largest absolute Gasteiger partial charge is 0.379 e. The van der Waals surface area contributed by atoms with Crippen molar-refractivity contribution in [3.05, 3.63) is 51.2 Å². The molecule has 0 radical (unpaired) electrons. The molecule has 1 aliphatic rings. The van der Waals surface area contributed by atoms with E-state index in [9.17, 15) is 13.2 Å². The van der Waals surface area contributed by atoms with Crippen LogP contribution in [0.15, 0.2) is 35.2 Å². The summed E-state index contributed by atoms with van der Waals surface area (Å²) in [4.78, 5) is 14.7. The van der Waals surface area contributed by atoms with Crippen LogP contribution in [0.4, 0.5) is 0 Å². The van der Waals surface area contributed by atoms with Crippen LogP contribution in [-0.4, -0.2) is 44.9 Å². The molecule has 2 aromatic rings. The van der Waals surface area contributed by atoms with Crippen LogP contribution in [0, 0.1) is 13.8 Å². The van der Waals surface area contributed by atoms with E-state index in [4.69, 9.17) is 4.74 Å². The van der Waals surface area contributed by atoms with Crippen LogP contribution < -0.4 is 5.32 Å². The van der Waals surface area contributed by atoms with E-state index in [-0.39, 0.29) is 17.3 Å². The minimum Gasteiger partial charge on any atom is -0.379 e. The number of amides is 1. The summed E-state index contributed by atoms with van der Waals surface area (Å²) in [6, 6.07) is 8.65. The predicted molar refractivity (Wildman–Crippen MR) is 101 cm³/mol. The highest BCUT2D eigenvalue weighted by atomic mass is 32.2. The summed E-state index contributed by atoms with van der Waals surface area (Å²) in [6.45, 7) is 5.51. The Morgan fingerprint density at radius 2 is 1.92 bits per heavy atom. The Balaban J connectivity index is 1.79. The number of nitrogens with zero attached hydrogens (tertiary/aromatic N) is 1. The summed E-state index contributed by atoms with van der Waals surface area (Å²) in [6.07, 6.45) is 0. The van der Waals surface area contributed by atoms with Gasteiger partial charge in [0.15, 0.2) is 0 Å². The molecule has 0 saturated carbocycles. The van der Waals surface area contributed by atoms with Crippen molar-refractivity contribution in [2.45, 2.75) is 25.3 Å². The molecule has 0 atom stereocenters. The molecule has 3 rings (SSSR count). The van der Waals surface area contributed by atoms with E-state index >= 15 is 0 Å². The fourth-order valence-electron chi connectivity index (χ4n) is 2.95. The first-order valence-corrected chi connectivity index (χ1v) is 10.7. The van der Waals surface area contributed by atoms with Crippen molar-refractivity contribution in [1.82, 2.24) is 9.62 Å². The Bertz CT molecular complexity index is 900. The maximum Gasteiger partial charge on any atom is 0.252 e. The zero-order valence-electron chi connectivity index (χ0n) is 14.8. The van der Waals surface area contributed by atoms with Gasteiger partial charge in [-0.15, -0.1) is 11.3 Å². The van der Waals surface area contributed by atoms with E-state index in [2.05, 4.69) is 5.32 Å². The Labute approximate surface area is 157 Å². The van der Waals surface area contributed by atoms with Gasteiger partial charge in [-0.25, -0.2) is 8.42 Å². The molecule has 1 aromatic heterocycles. The third-order valence-corrected chi connectivity index (χ3v) is 7.25. The number of ether oxygens (including phenoxy) is 1. The van der Waals surface area contributed by atoms with Crippen LogP contribution in [0.2, 0.25) is 0 Å². The van der Waals surface area contributed by atoms with Crippen LogP contribution in [0.3, 0.4) is 0 Å². The normalized spacial score (nSPS) is 15.8. The van der Waals surface area contributed by atoms with Gasteiger partial charge < -0.3 is 10.1 Å². The van der Waals surface area contributed by atoms with Crippen LogP contribution >= 0.6 is 11.3 Å². The van der Waals surface area contributed by atoms with Crippen molar-refractivity contribution in [1.29, 1.82) is 0 Å². The number of rotatable bonds is 5. The first-order chi connectivity index (χ1) is 12.4. The number of carbonyl (C=O) groups excluding carboxylic acids is 1. The van der Waals surface area contributed by atoms with E-state index < -0.39 is 10.0 Å².